The van der Waals surface area contributed by atoms with Gasteiger partial charge in [0.25, 0.3) is 0 Å². The van der Waals surface area contributed by atoms with Gasteiger partial charge in [0.05, 0.1) is 18.3 Å². The van der Waals surface area contributed by atoms with Gasteiger partial charge in [0.1, 0.15) is 10.2 Å². The molecule has 25 heavy (non-hydrogen) atoms. The first-order chi connectivity index (χ1) is 11.8. The molecule has 0 aromatic carbocycles. The Morgan fingerprint density at radius 3 is 2.92 bits per heavy atom. The zero-order chi connectivity index (χ0) is 17.8. The van der Waals surface area contributed by atoms with Gasteiger partial charge in [-0.3, -0.25) is 4.40 Å². The lowest BCUT2D eigenvalue weighted by molar-refractivity contribution is 0.0214. The lowest BCUT2D eigenvalue weighted by Gasteiger charge is -2.28. The molecule has 0 spiro atoms. The fourth-order valence-corrected chi connectivity index (χ4v) is 4.30. The SMILES string of the molecule is CC(C)(C)OC(=O)N1[C@@H]2CC[C@H]1[C@H](Nc1nccn3c(Br)cnc13)C2. The smallest absolute Gasteiger partial charge is 0.410 e. The molecule has 4 rings (SSSR count). The van der Waals surface area contributed by atoms with E-state index in [0.717, 1.165) is 35.3 Å². The second kappa shape index (κ2) is 5.86. The maximum Gasteiger partial charge on any atom is 0.410 e. The van der Waals surface area contributed by atoms with Crippen LogP contribution in [0, 0.1) is 0 Å². The van der Waals surface area contributed by atoms with Crippen molar-refractivity contribution in [3.63, 3.8) is 0 Å². The van der Waals surface area contributed by atoms with E-state index in [4.69, 9.17) is 4.74 Å². The number of amides is 1. The molecule has 2 aromatic rings. The van der Waals surface area contributed by atoms with Crippen molar-refractivity contribution in [2.45, 2.75) is 63.8 Å². The van der Waals surface area contributed by atoms with Crippen LogP contribution in [-0.2, 0) is 4.74 Å². The molecule has 2 aliphatic rings. The summed E-state index contributed by atoms with van der Waals surface area (Å²) >= 11 is 3.48. The van der Waals surface area contributed by atoms with E-state index >= 15 is 0 Å². The standard InChI is InChI=1S/C17H22BrN5O2/c1-17(2,3)25-16(24)23-10-4-5-12(23)11(8-10)21-14-15-20-9-13(18)22(15)7-6-19-14/h6-7,9-12H,4-5,8H2,1-3H3,(H,19,21)/t10-,11-,12+/m1/s1. The highest BCUT2D eigenvalue weighted by molar-refractivity contribution is 9.10. The van der Waals surface area contributed by atoms with Gasteiger partial charge in [-0.2, -0.15) is 0 Å². The number of fused-ring (bicyclic) bond motifs is 3. The minimum Gasteiger partial charge on any atom is -0.444 e. The molecule has 0 radical (unpaired) electrons. The summed E-state index contributed by atoms with van der Waals surface area (Å²) < 4.78 is 8.42. The molecule has 2 bridgehead atoms. The Morgan fingerprint density at radius 2 is 2.16 bits per heavy atom. The molecule has 0 unspecified atom stereocenters. The Morgan fingerprint density at radius 1 is 1.36 bits per heavy atom. The number of hydrogen-bond donors (Lipinski definition) is 1. The predicted octanol–water partition coefficient (Wildman–Crippen LogP) is 3.44. The summed E-state index contributed by atoms with van der Waals surface area (Å²) in [5.74, 6) is 0.745. The average Bonchev–Trinajstić information content (AvgIpc) is 3.19. The third-order valence-corrected chi connectivity index (χ3v) is 5.43. The van der Waals surface area contributed by atoms with Crippen molar-refractivity contribution < 1.29 is 9.53 Å². The third kappa shape index (κ3) is 2.96. The number of rotatable bonds is 2. The molecule has 3 atom stereocenters. The van der Waals surface area contributed by atoms with E-state index in [0.29, 0.717) is 0 Å². The Hall–Kier alpha value is -1.83. The lowest BCUT2D eigenvalue weighted by Crippen LogP contribution is -2.42. The first-order valence-corrected chi connectivity index (χ1v) is 9.38. The molecule has 0 saturated carbocycles. The van der Waals surface area contributed by atoms with Gasteiger partial charge in [-0.25, -0.2) is 14.8 Å². The molecule has 4 heterocycles. The van der Waals surface area contributed by atoms with Crippen LogP contribution in [0.15, 0.2) is 23.2 Å². The van der Waals surface area contributed by atoms with Crippen LogP contribution in [-0.4, -0.2) is 49.1 Å². The molecular weight excluding hydrogens is 386 g/mol. The number of halogens is 1. The Bertz CT molecular complexity index is 815. The van der Waals surface area contributed by atoms with Crippen molar-refractivity contribution >= 4 is 33.5 Å². The van der Waals surface area contributed by atoms with Crippen LogP contribution in [0.5, 0.6) is 0 Å². The maximum absolute atomic E-state index is 12.6. The minimum absolute atomic E-state index is 0.139. The van der Waals surface area contributed by atoms with Gasteiger partial charge in [-0.05, 0) is 56.0 Å². The average molecular weight is 408 g/mol. The molecule has 134 valence electrons. The second-order valence-corrected chi connectivity index (χ2v) is 8.54. The van der Waals surface area contributed by atoms with E-state index in [9.17, 15) is 4.79 Å². The molecular formula is C17H22BrN5O2. The van der Waals surface area contributed by atoms with E-state index in [-0.39, 0.29) is 24.2 Å². The predicted molar refractivity (Wildman–Crippen MR) is 97.6 cm³/mol. The van der Waals surface area contributed by atoms with Crippen molar-refractivity contribution in [2.24, 2.45) is 0 Å². The summed E-state index contributed by atoms with van der Waals surface area (Å²) in [5, 5.41) is 3.51. The number of hydrogen-bond acceptors (Lipinski definition) is 5. The molecule has 2 fully saturated rings. The van der Waals surface area contributed by atoms with Crippen molar-refractivity contribution in [3.05, 3.63) is 23.2 Å². The van der Waals surface area contributed by atoms with Crippen molar-refractivity contribution in [1.82, 2.24) is 19.3 Å². The number of aromatic nitrogens is 3. The van der Waals surface area contributed by atoms with Gasteiger partial charge in [0.2, 0.25) is 0 Å². The molecule has 2 saturated heterocycles. The van der Waals surface area contributed by atoms with Crippen LogP contribution in [0.4, 0.5) is 10.6 Å². The summed E-state index contributed by atoms with van der Waals surface area (Å²) in [7, 11) is 0. The Kier molecular flexibility index (Phi) is 3.90. The van der Waals surface area contributed by atoms with Gasteiger partial charge in [0, 0.05) is 18.4 Å². The quantitative estimate of drug-likeness (QED) is 0.825. The summed E-state index contributed by atoms with van der Waals surface area (Å²) in [6, 6.07) is 0.546. The molecule has 8 heteroatoms. The third-order valence-electron chi connectivity index (χ3n) is 4.85. The number of nitrogens with zero attached hydrogens (tertiary/aromatic N) is 4. The summed E-state index contributed by atoms with van der Waals surface area (Å²) in [5.41, 5.74) is 0.304. The largest absolute Gasteiger partial charge is 0.444 e. The number of ether oxygens (including phenoxy) is 1. The molecule has 0 aliphatic carbocycles. The lowest BCUT2D eigenvalue weighted by atomic mass is 9.95. The molecule has 7 nitrogen and oxygen atoms in total. The van der Waals surface area contributed by atoms with Gasteiger partial charge in [0.15, 0.2) is 11.5 Å². The van der Waals surface area contributed by atoms with Crippen LogP contribution in [0.25, 0.3) is 5.65 Å². The highest BCUT2D eigenvalue weighted by atomic mass is 79.9. The molecule has 2 aromatic heterocycles. The number of nitrogens with one attached hydrogen (secondary N) is 1. The number of carbonyl (C=O) groups is 1. The van der Waals surface area contributed by atoms with Gasteiger partial charge in [-0.15, -0.1) is 0 Å². The second-order valence-electron chi connectivity index (χ2n) is 7.72. The summed E-state index contributed by atoms with van der Waals surface area (Å²) in [4.78, 5) is 23.4. The first kappa shape index (κ1) is 16.6. The highest BCUT2D eigenvalue weighted by Crippen LogP contribution is 2.40. The van der Waals surface area contributed by atoms with E-state index in [1.165, 1.54) is 0 Å². The van der Waals surface area contributed by atoms with Crippen molar-refractivity contribution in [2.75, 3.05) is 5.32 Å². The number of carbonyl (C=O) groups excluding carboxylic acids is 1. The van der Waals surface area contributed by atoms with Gasteiger partial charge in [-0.1, -0.05) is 0 Å². The van der Waals surface area contributed by atoms with Crippen LogP contribution >= 0.6 is 15.9 Å². The van der Waals surface area contributed by atoms with Gasteiger partial charge < -0.3 is 15.0 Å². The topological polar surface area (TPSA) is 71.8 Å². The van der Waals surface area contributed by atoms with Crippen LogP contribution in [0.2, 0.25) is 0 Å². The first-order valence-electron chi connectivity index (χ1n) is 8.59. The number of anilines is 1. The Labute approximate surface area is 154 Å². The van der Waals surface area contributed by atoms with Crippen molar-refractivity contribution in [1.29, 1.82) is 0 Å². The normalized spacial score (nSPS) is 25.6. The fraction of sp³-hybridized carbons (Fsp3) is 0.588. The molecule has 2 aliphatic heterocycles. The van der Waals surface area contributed by atoms with E-state index in [1.54, 1.807) is 12.4 Å². The Balaban J connectivity index is 1.54. The highest BCUT2D eigenvalue weighted by Gasteiger charge is 2.50. The van der Waals surface area contributed by atoms with Gasteiger partial charge >= 0.3 is 6.09 Å². The monoisotopic (exact) mass is 407 g/mol. The maximum atomic E-state index is 12.6. The molecule has 1 amide bonds. The van der Waals surface area contributed by atoms with E-state index < -0.39 is 5.60 Å². The minimum atomic E-state index is -0.475. The summed E-state index contributed by atoms with van der Waals surface area (Å²) in [6.07, 6.45) is 8.10. The number of imidazole rings is 1. The zero-order valence-corrected chi connectivity index (χ0v) is 16.2. The summed E-state index contributed by atoms with van der Waals surface area (Å²) in [6.45, 7) is 5.71. The van der Waals surface area contributed by atoms with Crippen LogP contribution in [0.1, 0.15) is 40.0 Å². The van der Waals surface area contributed by atoms with Crippen LogP contribution < -0.4 is 5.32 Å². The van der Waals surface area contributed by atoms with E-state index in [1.807, 2.05) is 36.3 Å². The molecule has 1 N–H and O–H groups in total. The van der Waals surface area contributed by atoms with E-state index in [2.05, 4.69) is 31.2 Å². The zero-order valence-electron chi connectivity index (χ0n) is 14.6. The van der Waals surface area contributed by atoms with Crippen LogP contribution in [0.3, 0.4) is 0 Å². The van der Waals surface area contributed by atoms with Crippen molar-refractivity contribution in [3.8, 4) is 0 Å². The fourth-order valence-electron chi connectivity index (χ4n) is 3.91.